The molecular weight excluding hydrogens is 324 g/mol. The van der Waals surface area contributed by atoms with Crippen LogP contribution < -0.4 is 10.6 Å². The third-order valence-electron chi connectivity index (χ3n) is 4.02. The smallest absolute Gasteiger partial charge is 0.255 e. The van der Waals surface area contributed by atoms with E-state index in [1.807, 2.05) is 61.5 Å². The summed E-state index contributed by atoms with van der Waals surface area (Å²) in [6, 6.07) is 24.0. The Hall–Kier alpha value is -3.40. The number of carbonyl (C=O) groups is 2. The fraction of sp³-hybridized carbons (Fsp3) is 0.0909. The van der Waals surface area contributed by atoms with Gasteiger partial charge < -0.3 is 10.6 Å². The maximum Gasteiger partial charge on any atom is 0.255 e. The van der Waals surface area contributed by atoms with E-state index in [9.17, 15) is 9.59 Å². The minimum absolute atomic E-state index is 0.0642. The molecule has 4 heteroatoms. The van der Waals surface area contributed by atoms with Crippen molar-refractivity contribution < 1.29 is 9.59 Å². The van der Waals surface area contributed by atoms with Gasteiger partial charge in [0.1, 0.15) is 0 Å². The van der Waals surface area contributed by atoms with Gasteiger partial charge >= 0.3 is 0 Å². The van der Waals surface area contributed by atoms with Gasteiger partial charge in [-0.15, -0.1) is 0 Å². The largest absolute Gasteiger partial charge is 0.354 e. The second-order valence-corrected chi connectivity index (χ2v) is 5.84. The molecule has 1 amide bonds. The van der Waals surface area contributed by atoms with E-state index in [4.69, 9.17) is 0 Å². The van der Waals surface area contributed by atoms with Crippen LogP contribution in [0.1, 0.15) is 34.1 Å². The third kappa shape index (κ3) is 4.16. The molecule has 0 atom stereocenters. The van der Waals surface area contributed by atoms with Gasteiger partial charge in [0.2, 0.25) is 0 Å². The van der Waals surface area contributed by atoms with Crippen LogP contribution >= 0.6 is 0 Å². The van der Waals surface area contributed by atoms with Crippen molar-refractivity contribution in [3.8, 4) is 0 Å². The third-order valence-corrected chi connectivity index (χ3v) is 4.02. The second kappa shape index (κ2) is 8.12. The van der Waals surface area contributed by atoms with Crippen molar-refractivity contribution in [3.05, 3.63) is 90.0 Å². The zero-order valence-electron chi connectivity index (χ0n) is 14.5. The first kappa shape index (κ1) is 17.4. The van der Waals surface area contributed by atoms with Crippen LogP contribution in [0.2, 0.25) is 0 Å². The monoisotopic (exact) mass is 344 g/mol. The summed E-state index contributed by atoms with van der Waals surface area (Å²) in [6.07, 6.45) is 0.448. The number of para-hydroxylation sites is 3. The zero-order chi connectivity index (χ0) is 18.4. The van der Waals surface area contributed by atoms with Gasteiger partial charge in [-0.25, -0.2) is 0 Å². The molecule has 130 valence electrons. The van der Waals surface area contributed by atoms with Crippen molar-refractivity contribution in [1.82, 2.24) is 0 Å². The van der Waals surface area contributed by atoms with E-state index < -0.39 is 0 Å². The minimum Gasteiger partial charge on any atom is -0.354 e. The fourth-order valence-corrected chi connectivity index (χ4v) is 2.58. The molecule has 26 heavy (non-hydrogen) atoms. The number of carbonyl (C=O) groups excluding carboxylic acids is 2. The Labute approximate surface area is 152 Å². The summed E-state index contributed by atoms with van der Waals surface area (Å²) >= 11 is 0. The lowest BCUT2D eigenvalue weighted by Crippen LogP contribution is -2.13. The first-order valence-electron chi connectivity index (χ1n) is 8.53. The Kier molecular flexibility index (Phi) is 5.44. The van der Waals surface area contributed by atoms with Gasteiger partial charge in [0, 0.05) is 23.2 Å². The van der Waals surface area contributed by atoms with E-state index in [0.29, 0.717) is 23.2 Å². The summed E-state index contributed by atoms with van der Waals surface area (Å²) in [5, 5.41) is 6.22. The fourth-order valence-electron chi connectivity index (χ4n) is 2.58. The zero-order valence-corrected chi connectivity index (χ0v) is 14.5. The normalized spacial score (nSPS) is 10.2. The quantitative estimate of drug-likeness (QED) is 0.599. The Morgan fingerprint density at radius 3 is 1.96 bits per heavy atom. The summed E-state index contributed by atoms with van der Waals surface area (Å²) in [6.45, 7) is 1.82. The van der Waals surface area contributed by atoms with Crippen LogP contribution in [0.3, 0.4) is 0 Å². The van der Waals surface area contributed by atoms with Gasteiger partial charge in [0.25, 0.3) is 5.91 Å². The second-order valence-electron chi connectivity index (χ2n) is 5.84. The number of nitrogens with one attached hydrogen (secondary N) is 2. The molecule has 0 aromatic heterocycles. The summed E-state index contributed by atoms with van der Waals surface area (Å²) < 4.78 is 0. The van der Waals surface area contributed by atoms with Crippen LogP contribution in [-0.4, -0.2) is 11.7 Å². The molecule has 0 heterocycles. The van der Waals surface area contributed by atoms with Gasteiger partial charge in [-0.1, -0.05) is 49.4 Å². The average molecular weight is 344 g/mol. The molecule has 0 radical (unpaired) electrons. The average Bonchev–Trinajstić information content (AvgIpc) is 2.69. The summed E-state index contributed by atoms with van der Waals surface area (Å²) in [5.74, 6) is -0.155. The molecule has 0 saturated heterocycles. The number of rotatable bonds is 6. The van der Waals surface area contributed by atoms with Crippen LogP contribution in [-0.2, 0) is 0 Å². The highest BCUT2D eigenvalue weighted by molar-refractivity contribution is 6.06. The van der Waals surface area contributed by atoms with Crippen molar-refractivity contribution in [2.75, 3.05) is 10.6 Å². The molecule has 0 aliphatic heterocycles. The molecule has 3 aromatic carbocycles. The van der Waals surface area contributed by atoms with Gasteiger partial charge in [-0.2, -0.15) is 0 Å². The molecule has 0 aliphatic rings. The number of anilines is 3. The topological polar surface area (TPSA) is 58.2 Å². The SMILES string of the molecule is CCC(=O)c1ccc(C(=O)Nc2ccccc2Nc2ccccc2)cc1. The summed E-state index contributed by atoms with van der Waals surface area (Å²) in [5.41, 5.74) is 3.57. The maximum atomic E-state index is 12.5. The first-order valence-corrected chi connectivity index (χ1v) is 8.53. The Balaban J connectivity index is 1.76. The number of benzene rings is 3. The summed E-state index contributed by atoms with van der Waals surface area (Å²) in [7, 11) is 0. The Morgan fingerprint density at radius 2 is 1.31 bits per heavy atom. The lowest BCUT2D eigenvalue weighted by atomic mass is 10.1. The number of Topliss-reactive ketones (excluding diaryl/α,β-unsaturated/α-hetero) is 1. The highest BCUT2D eigenvalue weighted by Crippen LogP contribution is 2.25. The van der Waals surface area contributed by atoms with Gasteiger partial charge in [0.05, 0.1) is 11.4 Å². The van der Waals surface area contributed by atoms with Gasteiger partial charge in [-0.05, 0) is 36.4 Å². The van der Waals surface area contributed by atoms with Crippen LogP contribution in [0.15, 0.2) is 78.9 Å². The van der Waals surface area contributed by atoms with E-state index in [-0.39, 0.29) is 11.7 Å². The number of hydrogen-bond donors (Lipinski definition) is 2. The van der Waals surface area contributed by atoms with Gasteiger partial charge in [-0.3, -0.25) is 9.59 Å². The first-order chi connectivity index (χ1) is 12.7. The molecule has 0 unspecified atom stereocenters. The predicted octanol–water partition coefficient (Wildman–Crippen LogP) is 5.28. The van der Waals surface area contributed by atoms with E-state index in [1.165, 1.54) is 0 Å². The minimum atomic E-state index is -0.220. The molecule has 3 rings (SSSR count). The lowest BCUT2D eigenvalue weighted by Gasteiger charge is -2.13. The van der Waals surface area contributed by atoms with Gasteiger partial charge in [0.15, 0.2) is 5.78 Å². The molecule has 0 spiro atoms. The number of amides is 1. The van der Waals surface area contributed by atoms with Crippen LogP contribution in [0.4, 0.5) is 17.1 Å². The maximum absolute atomic E-state index is 12.5. The van der Waals surface area contributed by atoms with Crippen molar-refractivity contribution in [2.24, 2.45) is 0 Å². The summed E-state index contributed by atoms with van der Waals surface area (Å²) in [4.78, 5) is 24.2. The molecular formula is C22H20N2O2. The van der Waals surface area contributed by atoms with Crippen molar-refractivity contribution in [3.63, 3.8) is 0 Å². The molecule has 0 saturated carbocycles. The molecule has 0 bridgehead atoms. The highest BCUT2D eigenvalue weighted by atomic mass is 16.1. The Bertz CT molecular complexity index is 903. The number of ketones is 1. The van der Waals surface area contributed by atoms with E-state index in [0.717, 1.165) is 11.4 Å². The molecule has 3 aromatic rings. The number of hydrogen-bond acceptors (Lipinski definition) is 3. The molecule has 4 nitrogen and oxygen atoms in total. The standard InChI is InChI=1S/C22H20N2O2/c1-2-21(25)16-12-14-17(15-13-16)22(26)24-20-11-7-6-10-19(20)23-18-8-4-3-5-9-18/h3-15,23H,2H2,1H3,(H,24,26). The van der Waals surface area contributed by atoms with Crippen molar-refractivity contribution in [2.45, 2.75) is 13.3 Å². The Morgan fingerprint density at radius 1 is 0.731 bits per heavy atom. The molecule has 0 fully saturated rings. The van der Waals surface area contributed by atoms with Crippen LogP contribution in [0, 0.1) is 0 Å². The lowest BCUT2D eigenvalue weighted by molar-refractivity contribution is 0.0984. The van der Waals surface area contributed by atoms with Crippen LogP contribution in [0.5, 0.6) is 0 Å². The van der Waals surface area contributed by atoms with E-state index in [2.05, 4.69) is 10.6 Å². The van der Waals surface area contributed by atoms with E-state index >= 15 is 0 Å². The predicted molar refractivity (Wildman–Crippen MR) is 105 cm³/mol. The highest BCUT2D eigenvalue weighted by Gasteiger charge is 2.10. The molecule has 0 aliphatic carbocycles. The van der Waals surface area contributed by atoms with Crippen LogP contribution in [0.25, 0.3) is 0 Å². The van der Waals surface area contributed by atoms with E-state index in [1.54, 1.807) is 24.3 Å². The van der Waals surface area contributed by atoms with Crippen molar-refractivity contribution in [1.29, 1.82) is 0 Å². The molecule has 2 N–H and O–H groups in total. The van der Waals surface area contributed by atoms with Crippen molar-refractivity contribution >= 4 is 28.8 Å².